The van der Waals surface area contributed by atoms with Crippen molar-refractivity contribution in [1.82, 2.24) is 14.6 Å². The lowest BCUT2D eigenvalue weighted by atomic mass is 9.95. The summed E-state index contributed by atoms with van der Waals surface area (Å²) in [5.41, 5.74) is 2.01. The van der Waals surface area contributed by atoms with Gasteiger partial charge in [-0.2, -0.15) is 5.26 Å². The molecule has 0 aliphatic carbocycles. The van der Waals surface area contributed by atoms with Crippen molar-refractivity contribution in [2.24, 2.45) is 5.92 Å². The number of carbonyl (C=O) groups is 3. The van der Waals surface area contributed by atoms with Gasteiger partial charge < -0.3 is 9.80 Å². The van der Waals surface area contributed by atoms with E-state index in [2.05, 4.69) is 10.8 Å². The maximum absolute atomic E-state index is 12.9. The van der Waals surface area contributed by atoms with Crippen molar-refractivity contribution in [2.75, 3.05) is 24.5 Å². The van der Waals surface area contributed by atoms with Gasteiger partial charge in [0.2, 0.25) is 11.8 Å². The van der Waals surface area contributed by atoms with Crippen molar-refractivity contribution in [3.8, 4) is 6.07 Å². The number of hydrogen-bond acceptors (Lipinski definition) is 8. The van der Waals surface area contributed by atoms with Crippen LogP contribution in [0.2, 0.25) is 0 Å². The molecule has 0 unspecified atom stereocenters. The number of nitriles is 1. The van der Waals surface area contributed by atoms with Crippen molar-refractivity contribution < 1.29 is 22.8 Å². The number of nitrogens with zero attached hydrogens (tertiary/aromatic N) is 4. The summed E-state index contributed by atoms with van der Waals surface area (Å²) in [5.74, 6) is -0.751. The van der Waals surface area contributed by atoms with Crippen LogP contribution in [0.25, 0.3) is 0 Å². The molecule has 39 heavy (non-hydrogen) atoms. The highest BCUT2D eigenvalue weighted by Gasteiger charge is 2.31. The van der Waals surface area contributed by atoms with Crippen LogP contribution >= 0.6 is 0 Å². The lowest BCUT2D eigenvalue weighted by Gasteiger charge is -2.33. The first-order valence-corrected chi connectivity index (χ1v) is 14.7. The molecule has 1 N–H and O–H groups in total. The number of amides is 2. The Kier molecular flexibility index (Phi) is 8.65. The maximum atomic E-state index is 12.9. The Morgan fingerprint density at radius 3 is 2.44 bits per heavy atom. The number of pyridine rings is 1. The van der Waals surface area contributed by atoms with Crippen LogP contribution in [0, 0.1) is 24.2 Å². The largest absolute Gasteiger partial charge is 0.355 e. The van der Waals surface area contributed by atoms with Gasteiger partial charge in [-0.15, -0.1) is 0 Å². The normalized spacial score (nSPS) is 16.3. The Morgan fingerprint density at radius 2 is 1.85 bits per heavy atom. The van der Waals surface area contributed by atoms with Gasteiger partial charge in [-0.3, -0.25) is 14.4 Å². The van der Waals surface area contributed by atoms with E-state index < -0.39 is 21.8 Å². The monoisotopic (exact) mass is 551 g/mol. The first kappa shape index (κ1) is 28.2. The van der Waals surface area contributed by atoms with Crippen LogP contribution in [0.5, 0.6) is 0 Å². The molecule has 3 heterocycles. The standard InChI is InChI=1S/C28H33N5O5S/c1-3-5-25(34)23-16-21(17-29)27(30-24(23)18-33-13-4-6-26(33)35)32-14-11-20(12-15-32)28(36)31-39(37,38)22-9-7-19(2)8-10-22/h7-10,16,20H,3-6,11-15,18H2,1-2H3,(H,31,36). The maximum Gasteiger partial charge on any atom is 0.264 e. The highest BCUT2D eigenvalue weighted by molar-refractivity contribution is 7.90. The van der Waals surface area contributed by atoms with E-state index in [4.69, 9.17) is 4.98 Å². The third-order valence-corrected chi connectivity index (χ3v) is 8.59. The molecule has 0 spiro atoms. The predicted molar refractivity (Wildman–Crippen MR) is 144 cm³/mol. The van der Waals surface area contributed by atoms with E-state index in [0.29, 0.717) is 68.8 Å². The molecule has 11 heteroatoms. The van der Waals surface area contributed by atoms with Gasteiger partial charge in [0.1, 0.15) is 11.9 Å². The number of piperidine rings is 1. The first-order chi connectivity index (χ1) is 18.6. The molecule has 10 nitrogen and oxygen atoms in total. The van der Waals surface area contributed by atoms with Gasteiger partial charge in [0.05, 0.1) is 22.7 Å². The van der Waals surface area contributed by atoms with E-state index >= 15 is 0 Å². The van der Waals surface area contributed by atoms with Gasteiger partial charge in [0.15, 0.2) is 5.78 Å². The molecule has 0 radical (unpaired) electrons. The number of anilines is 1. The van der Waals surface area contributed by atoms with Crippen molar-refractivity contribution in [3.05, 3.63) is 52.7 Å². The first-order valence-electron chi connectivity index (χ1n) is 13.3. The minimum Gasteiger partial charge on any atom is -0.355 e. The number of benzene rings is 1. The Balaban J connectivity index is 1.51. The smallest absolute Gasteiger partial charge is 0.264 e. The van der Waals surface area contributed by atoms with Gasteiger partial charge >= 0.3 is 0 Å². The summed E-state index contributed by atoms with van der Waals surface area (Å²) in [6, 6.07) is 10.00. The van der Waals surface area contributed by atoms with E-state index in [1.54, 1.807) is 23.1 Å². The summed E-state index contributed by atoms with van der Waals surface area (Å²) in [7, 11) is -3.97. The number of Topliss-reactive ketones (excluding diaryl/α,β-unsaturated/α-hetero) is 1. The molecule has 2 amide bonds. The van der Waals surface area contributed by atoms with Gasteiger partial charge in [-0.05, 0) is 50.8 Å². The average molecular weight is 552 g/mol. The van der Waals surface area contributed by atoms with E-state index in [-0.39, 0.29) is 28.7 Å². The minimum atomic E-state index is -3.97. The second-order valence-electron chi connectivity index (χ2n) is 10.1. The van der Waals surface area contributed by atoms with Crippen LogP contribution in [0.1, 0.15) is 72.6 Å². The molecule has 206 valence electrons. The summed E-state index contributed by atoms with van der Waals surface area (Å²) in [4.78, 5) is 46.3. The van der Waals surface area contributed by atoms with Crippen molar-refractivity contribution >= 4 is 33.4 Å². The second kappa shape index (κ2) is 11.9. The minimum absolute atomic E-state index is 0.0176. The van der Waals surface area contributed by atoms with E-state index in [0.717, 1.165) is 12.0 Å². The second-order valence-corrected chi connectivity index (χ2v) is 11.8. The zero-order valence-electron chi connectivity index (χ0n) is 22.3. The third kappa shape index (κ3) is 6.45. The SMILES string of the molecule is CCCC(=O)c1cc(C#N)c(N2CCC(C(=O)NS(=O)(=O)c3ccc(C)cc3)CC2)nc1CN1CCCC1=O. The van der Waals surface area contributed by atoms with Crippen LogP contribution in [0.15, 0.2) is 35.2 Å². The zero-order chi connectivity index (χ0) is 28.2. The number of ketones is 1. The summed E-state index contributed by atoms with van der Waals surface area (Å²) < 4.78 is 27.5. The topological polar surface area (TPSA) is 141 Å². The lowest BCUT2D eigenvalue weighted by Crippen LogP contribution is -2.43. The lowest BCUT2D eigenvalue weighted by molar-refractivity contribution is -0.128. The van der Waals surface area contributed by atoms with E-state index in [1.165, 1.54) is 12.1 Å². The summed E-state index contributed by atoms with van der Waals surface area (Å²) >= 11 is 0. The fourth-order valence-electron chi connectivity index (χ4n) is 4.99. The molecule has 2 aromatic rings. The van der Waals surface area contributed by atoms with Crippen molar-refractivity contribution in [2.45, 2.75) is 63.8 Å². The number of hydrogen-bond donors (Lipinski definition) is 1. The number of likely N-dealkylation sites (tertiary alicyclic amines) is 1. The van der Waals surface area contributed by atoms with Crippen molar-refractivity contribution in [3.63, 3.8) is 0 Å². The van der Waals surface area contributed by atoms with E-state index in [9.17, 15) is 28.1 Å². The molecule has 1 aromatic heterocycles. The fourth-order valence-corrected chi connectivity index (χ4v) is 6.03. The summed E-state index contributed by atoms with van der Waals surface area (Å²) in [6.45, 7) is 5.33. The predicted octanol–water partition coefficient (Wildman–Crippen LogP) is 3.09. The van der Waals surface area contributed by atoms with Gasteiger partial charge in [0, 0.05) is 44.0 Å². The van der Waals surface area contributed by atoms with Crippen LogP contribution in [-0.2, 0) is 26.2 Å². The summed E-state index contributed by atoms with van der Waals surface area (Å²) in [6.07, 6.45) is 2.95. The average Bonchev–Trinajstić information content (AvgIpc) is 3.32. The molecule has 2 aliphatic rings. The number of rotatable bonds is 9. The van der Waals surface area contributed by atoms with Gasteiger partial charge in [0.25, 0.3) is 10.0 Å². The molecule has 2 aliphatic heterocycles. The molecule has 0 saturated carbocycles. The van der Waals surface area contributed by atoms with E-state index in [1.807, 2.05) is 18.7 Å². The van der Waals surface area contributed by atoms with Crippen LogP contribution in [0.3, 0.4) is 0 Å². The highest BCUT2D eigenvalue weighted by atomic mass is 32.2. The van der Waals surface area contributed by atoms with Crippen molar-refractivity contribution in [1.29, 1.82) is 5.26 Å². The number of carbonyl (C=O) groups excluding carboxylic acids is 3. The quantitative estimate of drug-likeness (QED) is 0.469. The Labute approximate surface area is 229 Å². The van der Waals surface area contributed by atoms with Gasteiger partial charge in [-0.25, -0.2) is 18.1 Å². The summed E-state index contributed by atoms with van der Waals surface area (Å²) in [5, 5.41) is 9.87. The molecule has 1 aromatic carbocycles. The molecule has 0 atom stereocenters. The number of nitrogens with one attached hydrogen (secondary N) is 1. The Bertz CT molecular complexity index is 1410. The number of aromatic nitrogens is 1. The zero-order valence-corrected chi connectivity index (χ0v) is 23.1. The molecule has 0 bridgehead atoms. The Hall–Kier alpha value is -3.78. The number of sulfonamides is 1. The third-order valence-electron chi connectivity index (χ3n) is 7.22. The van der Waals surface area contributed by atoms with Crippen LogP contribution in [0.4, 0.5) is 5.82 Å². The van der Waals surface area contributed by atoms with Crippen LogP contribution < -0.4 is 9.62 Å². The van der Waals surface area contributed by atoms with Gasteiger partial charge in [-0.1, -0.05) is 24.6 Å². The Morgan fingerprint density at radius 1 is 1.15 bits per heavy atom. The fraction of sp³-hybridized carbons (Fsp3) is 0.464. The molecule has 2 fully saturated rings. The van der Waals surface area contributed by atoms with Crippen LogP contribution in [-0.4, -0.2) is 55.5 Å². The molecular weight excluding hydrogens is 518 g/mol. The molecule has 4 rings (SSSR count). The molecule has 2 saturated heterocycles. The molecular formula is C28H33N5O5S. The number of aryl methyl sites for hydroxylation is 1. The highest BCUT2D eigenvalue weighted by Crippen LogP contribution is 2.29.